The molecule has 0 heterocycles. The summed E-state index contributed by atoms with van der Waals surface area (Å²) in [5.41, 5.74) is 0. The minimum Gasteiger partial charge on any atom is -0.185 e. The van der Waals surface area contributed by atoms with Crippen molar-refractivity contribution in [2.75, 3.05) is 5.75 Å². The molecule has 0 radical (unpaired) electrons. The van der Waals surface area contributed by atoms with E-state index in [-0.39, 0.29) is 0 Å². The number of rotatable bonds is 5. The molecule has 0 saturated heterocycles. The van der Waals surface area contributed by atoms with Gasteiger partial charge in [0.1, 0.15) is 7.22 Å². The molecule has 0 nitrogen and oxygen atoms in total. The van der Waals surface area contributed by atoms with Gasteiger partial charge in [0.25, 0.3) is 0 Å². The Morgan fingerprint density at radius 3 is 1.40 bits per heavy atom. The van der Waals surface area contributed by atoms with Crippen LogP contribution >= 0.6 is 11.2 Å². The number of hydrogen-bond donors (Lipinski definition) is 0. The standard InChI is InChI=1S/C8H20SSi/c1-5-9-10(6-2,7-3)8-4/h5-8H2,1-4H3. The first-order chi connectivity index (χ1) is 4.74. The highest BCUT2D eigenvalue weighted by atomic mass is 32.4. The van der Waals surface area contributed by atoms with Crippen molar-refractivity contribution in [3.63, 3.8) is 0 Å². The average Bonchev–Trinajstić information content (AvgIpc) is 2.01. The van der Waals surface area contributed by atoms with E-state index in [0.29, 0.717) is 0 Å². The largest absolute Gasteiger partial charge is 0.185 e. The quantitative estimate of drug-likeness (QED) is 0.575. The van der Waals surface area contributed by atoms with Gasteiger partial charge in [0.2, 0.25) is 0 Å². The Morgan fingerprint density at radius 2 is 1.30 bits per heavy atom. The molecule has 0 aliphatic heterocycles. The van der Waals surface area contributed by atoms with E-state index in [2.05, 4.69) is 38.9 Å². The SMILES string of the molecule is CCS[Si](CC)(CC)CC. The smallest absolute Gasteiger partial charge is 0.116 e. The van der Waals surface area contributed by atoms with Gasteiger partial charge in [0, 0.05) is 0 Å². The molecule has 0 atom stereocenters. The van der Waals surface area contributed by atoms with Crippen LogP contribution < -0.4 is 0 Å². The van der Waals surface area contributed by atoms with Crippen LogP contribution in [0.1, 0.15) is 27.7 Å². The maximum Gasteiger partial charge on any atom is 0.116 e. The predicted molar refractivity (Wildman–Crippen MR) is 55.3 cm³/mol. The molecule has 2 heteroatoms. The Bertz CT molecular complexity index is 71.1. The second-order valence-corrected chi connectivity index (χ2v) is 11.5. The van der Waals surface area contributed by atoms with Crippen LogP contribution in [0.3, 0.4) is 0 Å². The zero-order valence-corrected chi connectivity index (χ0v) is 9.55. The van der Waals surface area contributed by atoms with Gasteiger partial charge in [-0.1, -0.05) is 45.8 Å². The average molecular weight is 176 g/mol. The van der Waals surface area contributed by atoms with Crippen molar-refractivity contribution in [1.29, 1.82) is 0 Å². The first-order valence-electron chi connectivity index (χ1n) is 4.38. The Morgan fingerprint density at radius 1 is 0.900 bits per heavy atom. The normalized spacial score (nSPS) is 12.0. The Labute approximate surface area is 70.4 Å². The molecule has 0 N–H and O–H groups in total. The first kappa shape index (κ1) is 10.6. The van der Waals surface area contributed by atoms with Crippen LogP contribution in [0.2, 0.25) is 18.1 Å². The summed E-state index contributed by atoms with van der Waals surface area (Å²) in [7, 11) is -0.801. The van der Waals surface area contributed by atoms with Crippen molar-refractivity contribution in [3.8, 4) is 0 Å². The topological polar surface area (TPSA) is 0 Å². The second-order valence-electron chi connectivity index (χ2n) is 2.68. The summed E-state index contributed by atoms with van der Waals surface area (Å²) in [5.74, 6) is 1.32. The van der Waals surface area contributed by atoms with E-state index >= 15 is 0 Å². The minimum atomic E-state index is -0.801. The van der Waals surface area contributed by atoms with Gasteiger partial charge in [-0.3, -0.25) is 0 Å². The molecule has 0 fully saturated rings. The fraction of sp³-hybridized carbons (Fsp3) is 1.00. The molecule has 0 aromatic heterocycles. The highest BCUT2D eigenvalue weighted by Gasteiger charge is 2.25. The third kappa shape index (κ3) is 2.66. The van der Waals surface area contributed by atoms with E-state index in [4.69, 9.17) is 0 Å². The Balaban J connectivity index is 3.87. The van der Waals surface area contributed by atoms with Gasteiger partial charge in [0.05, 0.1) is 0 Å². The van der Waals surface area contributed by atoms with Gasteiger partial charge in [-0.15, -0.1) is 0 Å². The van der Waals surface area contributed by atoms with Crippen LogP contribution in [0.15, 0.2) is 0 Å². The van der Waals surface area contributed by atoms with Gasteiger partial charge in [-0.05, 0) is 5.75 Å². The van der Waals surface area contributed by atoms with E-state index in [1.54, 1.807) is 0 Å². The van der Waals surface area contributed by atoms with E-state index in [1.807, 2.05) is 0 Å². The molecule has 62 valence electrons. The molecular formula is C8H20SSi. The van der Waals surface area contributed by atoms with Crippen molar-refractivity contribution in [2.24, 2.45) is 0 Å². The summed E-state index contributed by atoms with van der Waals surface area (Å²) in [6, 6.07) is 4.37. The van der Waals surface area contributed by atoms with Crippen LogP contribution in [0.25, 0.3) is 0 Å². The van der Waals surface area contributed by atoms with Gasteiger partial charge in [0.15, 0.2) is 0 Å². The fourth-order valence-electron chi connectivity index (χ4n) is 1.36. The zero-order chi connectivity index (χ0) is 8.04. The highest BCUT2D eigenvalue weighted by Crippen LogP contribution is 2.31. The van der Waals surface area contributed by atoms with Crippen LogP contribution in [-0.4, -0.2) is 13.0 Å². The second kappa shape index (κ2) is 5.25. The van der Waals surface area contributed by atoms with Crippen molar-refractivity contribution in [3.05, 3.63) is 0 Å². The van der Waals surface area contributed by atoms with Crippen molar-refractivity contribution < 1.29 is 0 Å². The van der Waals surface area contributed by atoms with Crippen LogP contribution in [-0.2, 0) is 0 Å². The minimum absolute atomic E-state index is 0.801. The van der Waals surface area contributed by atoms with Crippen molar-refractivity contribution >= 4 is 18.4 Å². The third-order valence-corrected chi connectivity index (χ3v) is 12.5. The molecular weight excluding hydrogens is 156 g/mol. The molecule has 10 heavy (non-hydrogen) atoms. The zero-order valence-electron chi connectivity index (χ0n) is 7.74. The lowest BCUT2D eigenvalue weighted by Crippen LogP contribution is -2.26. The maximum atomic E-state index is 2.36. The highest BCUT2D eigenvalue weighted by molar-refractivity contribution is 8.28. The van der Waals surface area contributed by atoms with Gasteiger partial charge >= 0.3 is 0 Å². The summed E-state index contributed by atoms with van der Waals surface area (Å²) in [6.45, 7) is 9.37. The molecule has 0 aromatic carbocycles. The van der Waals surface area contributed by atoms with Crippen LogP contribution in [0, 0.1) is 0 Å². The Kier molecular flexibility index (Phi) is 5.55. The van der Waals surface area contributed by atoms with Crippen molar-refractivity contribution in [1.82, 2.24) is 0 Å². The van der Waals surface area contributed by atoms with E-state index < -0.39 is 7.22 Å². The lowest BCUT2D eigenvalue weighted by atomic mass is 10.9. The van der Waals surface area contributed by atoms with Gasteiger partial charge < -0.3 is 0 Å². The van der Waals surface area contributed by atoms with Gasteiger partial charge in [-0.2, -0.15) is 11.2 Å². The van der Waals surface area contributed by atoms with E-state index in [1.165, 1.54) is 23.9 Å². The van der Waals surface area contributed by atoms with E-state index in [0.717, 1.165) is 0 Å². The van der Waals surface area contributed by atoms with E-state index in [9.17, 15) is 0 Å². The molecule has 0 aliphatic carbocycles. The lowest BCUT2D eigenvalue weighted by Gasteiger charge is -2.26. The molecule has 0 aromatic rings. The molecule has 0 bridgehead atoms. The monoisotopic (exact) mass is 176 g/mol. The predicted octanol–water partition coefficient (Wildman–Crippen LogP) is 3.74. The maximum absolute atomic E-state index is 2.36. The lowest BCUT2D eigenvalue weighted by molar-refractivity contribution is 1.22. The van der Waals surface area contributed by atoms with Crippen molar-refractivity contribution in [2.45, 2.75) is 45.8 Å². The summed E-state index contributed by atoms with van der Waals surface area (Å²) >= 11 is 2.26. The third-order valence-electron chi connectivity index (χ3n) is 2.38. The molecule has 0 amide bonds. The van der Waals surface area contributed by atoms with Crippen LogP contribution in [0.4, 0.5) is 0 Å². The molecule has 0 aliphatic rings. The molecule has 0 spiro atoms. The molecule has 0 unspecified atom stereocenters. The fourth-order valence-corrected chi connectivity index (χ4v) is 7.76. The van der Waals surface area contributed by atoms with Gasteiger partial charge in [-0.25, -0.2) is 0 Å². The first-order valence-corrected chi connectivity index (χ1v) is 8.71. The Hall–Kier alpha value is 0.567. The number of hydrogen-bond acceptors (Lipinski definition) is 1. The summed E-state index contributed by atoms with van der Waals surface area (Å²) in [5, 5.41) is 0. The summed E-state index contributed by atoms with van der Waals surface area (Å²) in [6.07, 6.45) is 0. The molecule has 0 rings (SSSR count). The summed E-state index contributed by atoms with van der Waals surface area (Å²) in [4.78, 5) is 0. The summed E-state index contributed by atoms with van der Waals surface area (Å²) < 4.78 is 0. The van der Waals surface area contributed by atoms with Crippen LogP contribution in [0.5, 0.6) is 0 Å². The molecule has 0 saturated carbocycles.